The lowest BCUT2D eigenvalue weighted by Gasteiger charge is -2.18. The van der Waals surface area contributed by atoms with Crippen molar-refractivity contribution in [3.05, 3.63) is 59.2 Å². The number of hydrogen-bond donors (Lipinski definition) is 1. The first kappa shape index (κ1) is 15.0. The number of carbonyl (C=O) groups is 1. The molecule has 6 heteroatoms. The molecule has 0 fully saturated rings. The number of halogens is 2. The molecule has 0 radical (unpaired) electrons. The van der Waals surface area contributed by atoms with Crippen LogP contribution in [0.15, 0.2) is 42.0 Å². The van der Waals surface area contributed by atoms with Gasteiger partial charge in [-0.1, -0.05) is 0 Å². The van der Waals surface area contributed by atoms with Crippen molar-refractivity contribution in [3.63, 3.8) is 0 Å². The zero-order valence-electron chi connectivity index (χ0n) is 12.2. The number of benzene rings is 2. The topological polar surface area (TPSA) is 47.6 Å². The van der Waals surface area contributed by atoms with Gasteiger partial charge < -0.3 is 14.8 Å². The third-order valence-corrected chi connectivity index (χ3v) is 3.40. The van der Waals surface area contributed by atoms with Gasteiger partial charge in [-0.25, -0.2) is 8.78 Å². The zero-order chi connectivity index (χ0) is 16.4. The molecule has 4 nitrogen and oxygen atoms in total. The van der Waals surface area contributed by atoms with Gasteiger partial charge in [-0.15, -0.1) is 0 Å². The van der Waals surface area contributed by atoms with E-state index in [4.69, 9.17) is 9.47 Å². The van der Waals surface area contributed by atoms with E-state index in [1.165, 1.54) is 6.07 Å². The summed E-state index contributed by atoms with van der Waals surface area (Å²) < 4.78 is 37.1. The molecule has 1 aliphatic heterocycles. The van der Waals surface area contributed by atoms with Crippen LogP contribution in [0.1, 0.15) is 5.56 Å². The Hall–Kier alpha value is -2.89. The Morgan fingerprint density at radius 3 is 2.78 bits per heavy atom. The minimum absolute atomic E-state index is 0.0504. The molecular weight excluding hydrogens is 304 g/mol. The normalized spacial score (nSPS) is 12.7. The molecule has 0 spiro atoms. The lowest BCUT2D eigenvalue weighted by atomic mass is 10.1. The van der Waals surface area contributed by atoms with Gasteiger partial charge in [0.2, 0.25) is 0 Å². The number of carbonyl (C=O) groups excluding carboxylic acids is 1. The summed E-state index contributed by atoms with van der Waals surface area (Å²) >= 11 is 0. The maximum atomic E-state index is 13.6. The first-order valence-electron chi connectivity index (χ1n) is 6.84. The Balaban J connectivity index is 1.81. The Morgan fingerprint density at radius 2 is 2.04 bits per heavy atom. The minimum atomic E-state index is -0.833. The predicted molar refractivity (Wildman–Crippen MR) is 81.5 cm³/mol. The molecule has 1 amide bonds. The lowest BCUT2D eigenvalue weighted by molar-refractivity contribution is -0.113. The van der Waals surface area contributed by atoms with E-state index in [1.807, 2.05) is 0 Å². The van der Waals surface area contributed by atoms with Gasteiger partial charge in [0, 0.05) is 17.7 Å². The number of nitrogens with one attached hydrogen (secondary N) is 1. The summed E-state index contributed by atoms with van der Waals surface area (Å²) in [6.45, 7) is 0.0504. The summed E-state index contributed by atoms with van der Waals surface area (Å²) in [5.41, 5.74) is 0.978. The van der Waals surface area contributed by atoms with Crippen LogP contribution in [0.25, 0.3) is 6.08 Å². The van der Waals surface area contributed by atoms with E-state index in [1.54, 1.807) is 31.4 Å². The second-order valence-electron chi connectivity index (χ2n) is 4.94. The fourth-order valence-corrected chi connectivity index (χ4v) is 2.20. The fourth-order valence-electron chi connectivity index (χ4n) is 2.20. The van der Waals surface area contributed by atoms with Crippen LogP contribution in [-0.2, 0) is 4.79 Å². The van der Waals surface area contributed by atoms with Gasteiger partial charge in [-0.2, -0.15) is 0 Å². The van der Waals surface area contributed by atoms with E-state index in [-0.39, 0.29) is 12.3 Å². The molecular formula is C17H13F2NO3. The van der Waals surface area contributed by atoms with Crippen LogP contribution in [0.2, 0.25) is 0 Å². The van der Waals surface area contributed by atoms with E-state index in [0.29, 0.717) is 23.1 Å². The molecule has 2 aromatic rings. The average molecular weight is 317 g/mol. The molecule has 1 heterocycles. The quantitative estimate of drug-likeness (QED) is 0.944. The third-order valence-electron chi connectivity index (χ3n) is 3.40. The van der Waals surface area contributed by atoms with Crippen molar-refractivity contribution in [3.8, 4) is 11.5 Å². The molecule has 2 aromatic carbocycles. The highest BCUT2D eigenvalue weighted by Crippen LogP contribution is 2.30. The molecule has 0 saturated carbocycles. The molecule has 0 atom stereocenters. The standard InChI is InChI=1S/C17H13F2NO3/c1-22-13-4-2-10-6-11(9-23-16(10)8-13)17(21)20-15-5-3-12(18)7-14(15)19/h2-8H,9H2,1H3,(H,20,21). The second-order valence-corrected chi connectivity index (χ2v) is 4.94. The molecule has 0 aliphatic carbocycles. The molecule has 0 aromatic heterocycles. The van der Waals surface area contributed by atoms with Crippen molar-refractivity contribution in [2.75, 3.05) is 19.0 Å². The number of anilines is 1. The summed E-state index contributed by atoms with van der Waals surface area (Å²) in [5.74, 6) is -0.784. The van der Waals surface area contributed by atoms with Crippen LogP contribution in [0, 0.1) is 11.6 Å². The number of hydrogen-bond acceptors (Lipinski definition) is 3. The minimum Gasteiger partial charge on any atom is -0.497 e. The number of rotatable bonds is 3. The number of amides is 1. The Bertz CT molecular complexity index is 802. The summed E-state index contributed by atoms with van der Waals surface area (Å²) in [6, 6.07) is 8.19. The van der Waals surface area contributed by atoms with Gasteiger partial charge in [0.1, 0.15) is 29.7 Å². The first-order chi connectivity index (χ1) is 11.1. The van der Waals surface area contributed by atoms with E-state index in [9.17, 15) is 13.6 Å². The van der Waals surface area contributed by atoms with Gasteiger partial charge in [0.15, 0.2) is 0 Å². The summed E-state index contributed by atoms with van der Waals surface area (Å²) in [7, 11) is 1.55. The van der Waals surface area contributed by atoms with Crippen molar-refractivity contribution < 1.29 is 23.0 Å². The zero-order valence-corrected chi connectivity index (χ0v) is 12.2. The number of methoxy groups -OCH3 is 1. The van der Waals surface area contributed by atoms with Crippen LogP contribution in [-0.4, -0.2) is 19.6 Å². The largest absolute Gasteiger partial charge is 0.497 e. The van der Waals surface area contributed by atoms with Crippen molar-refractivity contribution in [1.82, 2.24) is 0 Å². The smallest absolute Gasteiger partial charge is 0.255 e. The first-order valence-corrected chi connectivity index (χ1v) is 6.84. The molecule has 1 N–H and O–H groups in total. The molecule has 118 valence electrons. The molecule has 0 saturated heterocycles. The number of fused-ring (bicyclic) bond motifs is 1. The predicted octanol–water partition coefficient (Wildman–Crippen LogP) is 3.39. The van der Waals surface area contributed by atoms with Crippen LogP contribution < -0.4 is 14.8 Å². The van der Waals surface area contributed by atoms with Crippen molar-refractivity contribution in [2.24, 2.45) is 0 Å². The van der Waals surface area contributed by atoms with Crippen LogP contribution >= 0.6 is 0 Å². The van der Waals surface area contributed by atoms with Crippen molar-refractivity contribution >= 4 is 17.7 Å². The Morgan fingerprint density at radius 1 is 1.22 bits per heavy atom. The molecule has 23 heavy (non-hydrogen) atoms. The monoisotopic (exact) mass is 317 g/mol. The van der Waals surface area contributed by atoms with Crippen LogP contribution in [0.4, 0.5) is 14.5 Å². The summed E-state index contributed by atoms with van der Waals surface area (Å²) in [5, 5.41) is 2.41. The lowest BCUT2D eigenvalue weighted by Crippen LogP contribution is -2.21. The van der Waals surface area contributed by atoms with Crippen LogP contribution in [0.3, 0.4) is 0 Å². The maximum absolute atomic E-state index is 13.6. The van der Waals surface area contributed by atoms with E-state index >= 15 is 0 Å². The van der Waals surface area contributed by atoms with Crippen molar-refractivity contribution in [2.45, 2.75) is 0 Å². The van der Waals surface area contributed by atoms with Gasteiger partial charge in [0.25, 0.3) is 5.91 Å². The van der Waals surface area contributed by atoms with Gasteiger partial charge >= 0.3 is 0 Å². The highest BCUT2D eigenvalue weighted by Gasteiger charge is 2.19. The van der Waals surface area contributed by atoms with Crippen LogP contribution in [0.5, 0.6) is 11.5 Å². The summed E-state index contributed by atoms with van der Waals surface area (Å²) in [6.07, 6.45) is 1.66. The van der Waals surface area contributed by atoms with Gasteiger partial charge in [-0.05, 0) is 30.3 Å². The SMILES string of the molecule is COc1ccc2c(c1)OCC(C(=O)Nc1ccc(F)cc1F)=C2. The van der Waals surface area contributed by atoms with E-state index < -0.39 is 17.5 Å². The molecule has 0 bridgehead atoms. The van der Waals surface area contributed by atoms with Gasteiger partial charge in [-0.3, -0.25) is 4.79 Å². The Kier molecular flexibility index (Phi) is 3.97. The van der Waals surface area contributed by atoms with E-state index in [0.717, 1.165) is 11.6 Å². The molecule has 1 aliphatic rings. The Labute approximate surface area is 131 Å². The average Bonchev–Trinajstić information content (AvgIpc) is 2.56. The summed E-state index contributed by atoms with van der Waals surface area (Å²) in [4.78, 5) is 12.2. The maximum Gasteiger partial charge on any atom is 0.255 e. The van der Waals surface area contributed by atoms with Gasteiger partial charge in [0.05, 0.1) is 18.4 Å². The van der Waals surface area contributed by atoms with E-state index in [2.05, 4.69) is 5.32 Å². The molecule has 0 unspecified atom stereocenters. The third kappa shape index (κ3) is 3.15. The highest BCUT2D eigenvalue weighted by atomic mass is 19.1. The number of ether oxygens (including phenoxy) is 2. The fraction of sp³-hybridized carbons (Fsp3) is 0.118. The highest BCUT2D eigenvalue weighted by molar-refractivity contribution is 6.07. The second kappa shape index (κ2) is 6.08. The van der Waals surface area contributed by atoms with Crippen molar-refractivity contribution in [1.29, 1.82) is 0 Å². The molecule has 3 rings (SSSR count).